The molecule has 2 heterocycles. The SMILES string of the molecule is NC(=O)c1c(N)nsc1NCc1nccs1. The molecule has 2 aromatic heterocycles. The summed E-state index contributed by atoms with van der Waals surface area (Å²) in [6, 6.07) is 0. The van der Waals surface area contributed by atoms with Gasteiger partial charge in [0.25, 0.3) is 5.91 Å². The highest BCUT2D eigenvalue weighted by molar-refractivity contribution is 7.11. The van der Waals surface area contributed by atoms with E-state index in [1.807, 2.05) is 5.38 Å². The van der Waals surface area contributed by atoms with Crippen molar-refractivity contribution in [2.45, 2.75) is 6.54 Å². The second-order valence-corrected chi connectivity index (χ2v) is 4.67. The van der Waals surface area contributed by atoms with E-state index >= 15 is 0 Å². The van der Waals surface area contributed by atoms with Crippen molar-refractivity contribution in [1.29, 1.82) is 0 Å². The van der Waals surface area contributed by atoms with Gasteiger partial charge in [-0.1, -0.05) is 0 Å². The lowest BCUT2D eigenvalue weighted by Gasteiger charge is -2.02. The molecule has 0 unspecified atom stereocenters. The Morgan fingerprint density at radius 3 is 3.00 bits per heavy atom. The second kappa shape index (κ2) is 4.45. The van der Waals surface area contributed by atoms with Gasteiger partial charge in [-0.05, 0) is 11.5 Å². The molecule has 0 fully saturated rings. The number of carbonyl (C=O) groups is 1. The molecular weight excluding hydrogens is 246 g/mol. The Kier molecular flexibility index (Phi) is 3.02. The second-order valence-electron chi connectivity index (χ2n) is 2.92. The van der Waals surface area contributed by atoms with E-state index in [1.165, 1.54) is 11.3 Å². The quantitative estimate of drug-likeness (QED) is 0.752. The third-order valence-corrected chi connectivity index (χ3v) is 3.45. The molecule has 84 valence electrons. The van der Waals surface area contributed by atoms with E-state index in [-0.39, 0.29) is 11.4 Å². The number of nitrogens with one attached hydrogen (secondary N) is 1. The van der Waals surface area contributed by atoms with Gasteiger partial charge in [-0.3, -0.25) is 4.79 Å². The van der Waals surface area contributed by atoms with Gasteiger partial charge >= 0.3 is 0 Å². The van der Waals surface area contributed by atoms with Gasteiger partial charge in [-0.25, -0.2) is 4.98 Å². The summed E-state index contributed by atoms with van der Waals surface area (Å²) < 4.78 is 3.88. The number of anilines is 2. The molecule has 0 aliphatic carbocycles. The molecule has 6 nitrogen and oxygen atoms in total. The summed E-state index contributed by atoms with van der Waals surface area (Å²) in [5, 5.41) is 6.43. The van der Waals surface area contributed by atoms with E-state index in [4.69, 9.17) is 11.5 Å². The van der Waals surface area contributed by atoms with Gasteiger partial charge in [0, 0.05) is 11.6 Å². The van der Waals surface area contributed by atoms with Crippen molar-refractivity contribution < 1.29 is 4.79 Å². The van der Waals surface area contributed by atoms with Gasteiger partial charge in [-0.15, -0.1) is 11.3 Å². The van der Waals surface area contributed by atoms with E-state index in [0.717, 1.165) is 16.5 Å². The molecule has 0 bridgehead atoms. The molecule has 0 aromatic carbocycles. The minimum Gasteiger partial charge on any atom is -0.382 e. The number of hydrogen-bond acceptors (Lipinski definition) is 7. The van der Waals surface area contributed by atoms with Gasteiger partial charge in [0.05, 0.1) is 6.54 Å². The van der Waals surface area contributed by atoms with E-state index < -0.39 is 5.91 Å². The van der Waals surface area contributed by atoms with Gasteiger partial charge in [0.15, 0.2) is 5.82 Å². The standard InChI is InChI=1S/C8H9N5OS2/c9-6-5(7(10)14)8(16-13-6)12-3-4-11-1-2-15-4/h1-2,12H,3H2,(H2,9,13)(H2,10,14). The fourth-order valence-electron chi connectivity index (χ4n) is 1.16. The molecule has 5 N–H and O–H groups in total. The van der Waals surface area contributed by atoms with Crippen LogP contribution in [0.2, 0.25) is 0 Å². The molecule has 8 heteroatoms. The van der Waals surface area contributed by atoms with Crippen LogP contribution < -0.4 is 16.8 Å². The topological polar surface area (TPSA) is 107 Å². The number of aromatic nitrogens is 2. The molecule has 0 aliphatic heterocycles. The summed E-state index contributed by atoms with van der Waals surface area (Å²) in [6.07, 6.45) is 1.72. The number of nitrogens with zero attached hydrogens (tertiary/aromatic N) is 2. The first-order chi connectivity index (χ1) is 7.68. The molecule has 2 rings (SSSR count). The Hall–Kier alpha value is -1.67. The Labute approximate surface area is 99.5 Å². The predicted molar refractivity (Wildman–Crippen MR) is 64.5 cm³/mol. The normalized spacial score (nSPS) is 10.2. The zero-order valence-corrected chi connectivity index (χ0v) is 9.77. The highest BCUT2D eigenvalue weighted by Gasteiger charge is 2.16. The van der Waals surface area contributed by atoms with Crippen molar-refractivity contribution in [3.05, 3.63) is 22.1 Å². The lowest BCUT2D eigenvalue weighted by Crippen LogP contribution is -2.14. The number of rotatable bonds is 4. The lowest BCUT2D eigenvalue weighted by molar-refractivity contribution is 0.100. The Balaban J connectivity index is 2.13. The van der Waals surface area contributed by atoms with Gasteiger partial charge in [0.2, 0.25) is 0 Å². The van der Waals surface area contributed by atoms with Gasteiger partial charge < -0.3 is 16.8 Å². The average molecular weight is 255 g/mol. The number of primary amides is 1. The van der Waals surface area contributed by atoms with Crippen molar-refractivity contribution in [2.75, 3.05) is 11.1 Å². The number of carbonyl (C=O) groups excluding carboxylic acids is 1. The van der Waals surface area contributed by atoms with E-state index in [0.29, 0.717) is 11.5 Å². The Bertz CT molecular complexity index is 493. The van der Waals surface area contributed by atoms with E-state index in [9.17, 15) is 4.79 Å². The third kappa shape index (κ3) is 2.12. The van der Waals surface area contributed by atoms with Crippen LogP contribution in [0.15, 0.2) is 11.6 Å². The van der Waals surface area contributed by atoms with Crippen LogP contribution in [0.25, 0.3) is 0 Å². The summed E-state index contributed by atoms with van der Waals surface area (Å²) in [5.74, 6) is -0.410. The van der Waals surface area contributed by atoms with Crippen molar-refractivity contribution >= 4 is 39.6 Å². The van der Waals surface area contributed by atoms with Crippen LogP contribution in [0.3, 0.4) is 0 Å². The zero-order chi connectivity index (χ0) is 11.5. The highest BCUT2D eigenvalue weighted by atomic mass is 32.1. The number of hydrogen-bond donors (Lipinski definition) is 3. The van der Waals surface area contributed by atoms with Crippen molar-refractivity contribution in [3.63, 3.8) is 0 Å². The number of nitrogen functional groups attached to an aromatic ring is 1. The minimum atomic E-state index is -0.576. The number of amides is 1. The molecule has 2 aromatic rings. The molecule has 0 atom stereocenters. The van der Waals surface area contributed by atoms with Crippen LogP contribution in [0.1, 0.15) is 15.4 Å². The first-order valence-electron chi connectivity index (χ1n) is 4.35. The molecule has 0 spiro atoms. The predicted octanol–water partition coefficient (Wildman–Crippen LogP) is 0.893. The molecule has 0 saturated carbocycles. The van der Waals surface area contributed by atoms with Crippen LogP contribution in [0, 0.1) is 0 Å². The summed E-state index contributed by atoms with van der Waals surface area (Å²) in [6.45, 7) is 0.527. The van der Waals surface area contributed by atoms with Crippen molar-refractivity contribution in [3.8, 4) is 0 Å². The van der Waals surface area contributed by atoms with E-state index in [1.54, 1.807) is 6.20 Å². The summed E-state index contributed by atoms with van der Waals surface area (Å²) in [4.78, 5) is 15.2. The summed E-state index contributed by atoms with van der Waals surface area (Å²) >= 11 is 2.64. The molecule has 0 radical (unpaired) electrons. The fraction of sp³-hybridized carbons (Fsp3) is 0.125. The van der Waals surface area contributed by atoms with Gasteiger partial charge in [-0.2, -0.15) is 4.37 Å². The monoisotopic (exact) mass is 255 g/mol. The van der Waals surface area contributed by atoms with Crippen LogP contribution in [0.4, 0.5) is 10.8 Å². The van der Waals surface area contributed by atoms with Crippen LogP contribution >= 0.6 is 22.9 Å². The lowest BCUT2D eigenvalue weighted by atomic mass is 10.3. The number of thiazole rings is 1. The summed E-state index contributed by atoms with van der Waals surface area (Å²) in [5.41, 5.74) is 11.0. The average Bonchev–Trinajstić information content (AvgIpc) is 2.83. The maximum Gasteiger partial charge on any atom is 0.255 e. The third-order valence-electron chi connectivity index (χ3n) is 1.85. The first kappa shape index (κ1) is 10.8. The summed E-state index contributed by atoms with van der Waals surface area (Å²) in [7, 11) is 0. The van der Waals surface area contributed by atoms with Crippen LogP contribution in [-0.4, -0.2) is 15.3 Å². The molecule has 1 amide bonds. The molecule has 16 heavy (non-hydrogen) atoms. The van der Waals surface area contributed by atoms with Crippen molar-refractivity contribution in [1.82, 2.24) is 9.36 Å². The largest absolute Gasteiger partial charge is 0.382 e. The molecular formula is C8H9N5OS2. The maximum absolute atomic E-state index is 11.1. The van der Waals surface area contributed by atoms with E-state index in [2.05, 4.69) is 14.7 Å². The molecule has 0 saturated heterocycles. The van der Waals surface area contributed by atoms with Crippen LogP contribution in [-0.2, 0) is 6.54 Å². The number of nitrogens with two attached hydrogens (primary N) is 2. The Morgan fingerprint density at radius 2 is 2.38 bits per heavy atom. The van der Waals surface area contributed by atoms with Crippen molar-refractivity contribution in [2.24, 2.45) is 5.73 Å². The highest BCUT2D eigenvalue weighted by Crippen LogP contribution is 2.26. The smallest absolute Gasteiger partial charge is 0.255 e. The first-order valence-corrected chi connectivity index (χ1v) is 6.01. The maximum atomic E-state index is 11.1. The van der Waals surface area contributed by atoms with Gasteiger partial charge in [0.1, 0.15) is 15.6 Å². The van der Waals surface area contributed by atoms with Crippen LogP contribution in [0.5, 0.6) is 0 Å². The zero-order valence-electron chi connectivity index (χ0n) is 8.14. The molecule has 0 aliphatic rings. The minimum absolute atomic E-state index is 0.166. The fourth-order valence-corrected chi connectivity index (χ4v) is 2.43. The Morgan fingerprint density at radius 1 is 1.56 bits per heavy atom.